The standard InChI is InChI=1S/C24H21Cl2N3O3/c25-16-5-6-20(27)17(11-16)15-4-7-21(28-12-15)18(9-13-1-2-13)23(30)29-22-8-3-14(24(31)32)10-19(22)26/h3-8,10-13,18H,1-2,9,27H2,(H,29,30)(H,31,32). The minimum Gasteiger partial charge on any atom is -0.478 e. The van der Waals surface area contributed by atoms with Crippen LogP contribution in [0.3, 0.4) is 0 Å². The van der Waals surface area contributed by atoms with Gasteiger partial charge in [-0.2, -0.15) is 0 Å². The number of aromatic nitrogens is 1. The van der Waals surface area contributed by atoms with Crippen LogP contribution in [-0.2, 0) is 4.79 Å². The number of nitrogen functional groups attached to an aromatic ring is 1. The summed E-state index contributed by atoms with van der Waals surface area (Å²) in [6.45, 7) is 0. The maximum atomic E-state index is 13.1. The molecule has 164 valence electrons. The zero-order chi connectivity index (χ0) is 22.8. The Hall–Kier alpha value is -3.09. The molecule has 1 aliphatic carbocycles. The number of aromatic carboxylic acids is 1. The number of carbonyl (C=O) groups excluding carboxylic acids is 1. The Balaban J connectivity index is 1.57. The molecule has 1 atom stereocenters. The lowest BCUT2D eigenvalue weighted by Crippen LogP contribution is -2.23. The van der Waals surface area contributed by atoms with E-state index in [1.807, 2.05) is 12.1 Å². The summed E-state index contributed by atoms with van der Waals surface area (Å²) in [5.41, 5.74) is 9.33. The number of pyridine rings is 1. The number of hydrogen-bond acceptors (Lipinski definition) is 4. The van der Waals surface area contributed by atoms with Gasteiger partial charge in [-0.3, -0.25) is 9.78 Å². The summed E-state index contributed by atoms with van der Waals surface area (Å²) in [5, 5.41) is 12.7. The number of halogens is 2. The number of nitrogens with one attached hydrogen (secondary N) is 1. The monoisotopic (exact) mass is 469 g/mol. The van der Waals surface area contributed by atoms with Crippen LogP contribution in [0.15, 0.2) is 54.7 Å². The molecule has 8 heteroatoms. The van der Waals surface area contributed by atoms with Crippen molar-refractivity contribution in [2.75, 3.05) is 11.1 Å². The van der Waals surface area contributed by atoms with Crippen LogP contribution in [0.5, 0.6) is 0 Å². The topological polar surface area (TPSA) is 105 Å². The lowest BCUT2D eigenvalue weighted by molar-refractivity contribution is -0.117. The number of hydrogen-bond donors (Lipinski definition) is 3. The van der Waals surface area contributed by atoms with Gasteiger partial charge in [0.1, 0.15) is 0 Å². The smallest absolute Gasteiger partial charge is 0.335 e. The van der Waals surface area contributed by atoms with Crippen molar-refractivity contribution in [3.63, 3.8) is 0 Å². The van der Waals surface area contributed by atoms with Gasteiger partial charge in [0.05, 0.1) is 27.9 Å². The third kappa shape index (κ3) is 5.03. The summed E-state index contributed by atoms with van der Waals surface area (Å²) >= 11 is 12.3. The van der Waals surface area contributed by atoms with Crippen molar-refractivity contribution in [1.29, 1.82) is 0 Å². The van der Waals surface area contributed by atoms with Crippen LogP contribution in [0.4, 0.5) is 11.4 Å². The average Bonchev–Trinajstić information content (AvgIpc) is 3.59. The summed E-state index contributed by atoms with van der Waals surface area (Å²) in [6, 6.07) is 13.2. The number of carboxylic acid groups (broad SMARTS) is 1. The molecular weight excluding hydrogens is 449 g/mol. The van der Waals surface area contributed by atoms with Gasteiger partial charge in [0, 0.05) is 28.0 Å². The minimum absolute atomic E-state index is 0.0556. The Morgan fingerprint density at radius 2 is 1.91 bits per heavy atom. The third-order valence-corrected chi connectivity index (χ3v) is 6.07. The van der Waals surface area contributed by atoms with Crippen LogP contribution < -0.4 is 11.1 Å². The first-order valence-electron chi connectivity index (χ1n) is 10.2. The fourth-order valence-electron chi connectivity index (χ4n) is 3.57. The zero-order valence-corrected chi connectivity index (χ0v) is 18.5. The maximum Gasteiger partial charge on any atom is 0.335 e. The van der Waals surface area contributed by atoms with E-state index in [-0.39, 0.29) is 16.5 Å². The van der Waals surface area contributed by atoms with E-state index in [1.165, 1.54) is 18.2 Å². The molecule has 3 aromatic rings. The molecule has 0 spiro atoms. The van der Waals surface area contributed by atoms with Crippen molar-refractivity contribution in [1.82, 2.24) is 4.98 Å². The maximum absolute atomic E-state index is 13.1. The largest absolute Gasteiger partial charge is 0.478 e. The number of carbonyl (C=O) groups is 2. The number of nitrogens with two attached hydrogens (primary N) is 1. The summed E-state index contributed by atoms with van der Waals surface area (Å²) in [4.78, 5) is 28.8. The highest BCUT2D eigenvalue weighted by atomic mass is 35.5. The molecule has 1 amide bonds. The summed E-state index contributed by atoms with van der Waals surface area (Å²) in [7, 11) is 0. The van der Waals surface area contributed by atoms with Crippen molar-refractivity contribution < 1.29 is 14.7 Å². The predicted molar refractivity (Wildman–Crippen MR) is 126 cm³/mol. The van der Waals surface area contributed by atoms with Crippen molar-refractivity contribution in [2.45, 2.75) is 25.2 Å². The van der Waals surface area contributed by atoms with Crippen molar-refractivity contribution >= 4 is 46.5 Å². The molecule has 0 radical (unpaired) electrons. The first kappa shape index (κ1) is 22.1. The Bertz CT molecular complexity index is 1180. The predicted octanol–water partition coefficient (Wildman–Crippen LogP) is 5.86. The average molecular weight is 470 g/mol. The zero-order valence-electron chi connectivity index (χ0n) is 17.0. The quantitative estimate of drug-likeness (QED) is 0.375. The molecule has 32 heavy (non-hydrogen) atoms. The highest BCUT2D eigenvalue weighted by molar-refractivity contribution is 6.34. The van der Waals surface area contributed by atoms with Gasteiger partial charge in [0.2, 0.25) is 5.91 Å². The fraction of sp³-hybridized carbons (Fsp3) is 0.208. The van der Waals surface area contributed by atoms with E-state index in [9.17, 15) is 9.59 Å². The molecule has 1 unspecified atom stereocenters. The highest BCUT2D eigenvalue weighted by Crippen LogP contribution is 2.39. The van der Waals surface area contributed by atoms with Gasteiger partial charge >= 0.3 is 5.97 Å². The molecule has 4 rings (SSSR count). The van der Waals surface area contributed by atoms with Crippen LogP contribution in [0.25, 0.3) is 11.1 Å². The summed E-state index contributed by atoms with van der Waals surface area (Å²) in [5.74, 6) is -1.28. The summed E-state index contributed by atoms with van der Waals surface area (Å²) < 4.78 is 0. The molecule has 1 aliphatic rings. The van der Waals surface area contributed by atoms with Crippen molar-refractivity contribution in [3.8, 4) is 11.1 Å². The van der Waals surface area contributed by atoms with Crippen LogP contribution in [0.1, 0.15) is 41.2 Å². The fourth-order valence-corrected chi connectivity index (χ4v) is 3.97. The van der Waals surface area contributed by atoms with Crippen LogP contribution in [-0.4, -0.2) is 22.0 Å². The van der Waals surface area contributed by atoms with Gasteiger partial charge in [-0.05, 0) is 54.8 Å². The van der Waals surface area contributed by atoms with E-state index in [2.05, 4.69) is 10.3 Å². The summed E-state index contributed by atoms with van der Waals surface area (Å²) in [6.07, 6.45) is 4.56. The Morgan fingerprint density at radius 1 is 1.12 bits per heavy atom. The first-order valence-corrected chi connectivity index (χ1v) is 10.9. The lowest BCUT2D eigenvalue weighted by Gasteiger charge is -2.17. The molecule has 0 bridgehead atoms. The molecule has 6 nitrogen and oxygen atoms in total. The van der Waals surface area contributed by atoms with E-state index >= 15 is 0 Å². The normalized spacial score (nSPS) is 14.1. The number of anilines is 2. The lowest BCUT2D eigenvalue weighted by atomic mass is 9.95. The third-order valence-electron chi connectivity index (χ3n) is 5.53. The van der Waals surface area contributed by atoms with Crippen LogP contribution in [0.2, 0.25) is 10.0 Å². The molecule has 1 saturated carbocycles. The van der Waals surface area contributed by atoms with Crippen LogP contribution >= 0.6 is 23.2 Å². The molecule has 0 aliphatic heterocycles. The Labute approximate surface area is 195 Å². The second-order valence-electron chi connectivity index (χ2n) is 7.92. The highest BCUT2D eigenvalue weighted by Gasteiger charge is 2.31. The van der Waals surface area contributed by atoms with Gasteiger partial charge in [0.15, 0.2) is 0 Å². The van der Waals surface area contributed by atoms with E-state index in [1.54, 1.807) is 24.4 Å². The molecule has 4 N–H and O–H groups in total. The van der Waals surface area contributed by atoms with E-state index < -0.39 is 11.9 Å². The first-order chi connectivity index (χ1) is 15.3. The van der Waals surface area contributed by atoms with Crippen molar-refractivity contribution in [2.24, 2.45) is 5.92 Å². The molecule has 1 fully saturated rings. The number of benzene rings is 2. The molecule has 2 aromatic carbocycles. The van der Waals surface area contributed by atoms with E-state index in [0.29, 0.717) is 34.4 Å². The van der Waals surface area contributed by atoms with Gasteiger partial charge in [0.25, 0.3) is 0 Å². The molecule has 0 saturated heterocycles. The molecular formula is C24H21Cl2N3O3. The van der Waals surface area contributed by atoms with Gasteiger partial charge in [-0.15, -0.1) is 0 Å². The molecule has 1 aromatic heterocycles. The number of amides is 1. The number of nitrogens with zero attached hydrogens (tertiary/aromatic N) is 1. The van der Waals surface area contributed by atoms with Crippen molar-refractivity contribution in [3.05, 3.63) is 76.0 Å². The van der Waals surface area contributed by atoms with Gasteiger partial charge < -0.3 is 16.2 Å². The van der Waals surface area contributed by atoms with Crippen LogP contribution in [0, 0.1) is 5.92 Å². The number of carboxylic acids is 1. The van der Waals surface area contributed by atoms with E-state index in [0.717, 1.165) is 24.0 Å². The Kier molecular flexibility index (Phi) is 6.35. The SMILES string of the molecule is Nc1ccc(Cl)cc1-c1ccc(C(CC2CC2)C(=O)Nc2ccc(C(=O)O)cc2Cl)nc1. The minimum atomic E-state index is -1.08. The van der Waals surface area contributed by atoms with Gasteiger partial charge in [-0.25, -0.2) is 4.79 Å². The molecule has 1 heterocycles. The van der Waals surface area contributed by atoms with E-state index in [4.69, 9.17) is 34.0 Å². The Morgan fingerprint density at radius 3 is 2.53 bits per heavy atom. The second-order valence-corrected chi connectivity index (χ2v) is 8.77. The number of rotatable bonds is 7. The van der Waals surface area contributed by atoms with Gasteiger partial charge in [-0.1, -0.05) is 42.1 Å². The second kappa shape index (κ2) is 9.18.